The summed E-state index contributed by atoms with van der Waals surface area (Å²) in [5.41, 5.74) is 5.78. The summed E-state index contributed by atoms with van der Waals surface area (Å²) in [5, 5.41) is 22.5. The molecule has 2 amide bonds. The van der Waals surface area contributed by atoms with E-state index in [1.165, 1.54) is 0 Å². The second-order valence-electron chi connectivity index (χ2n) is 6.16. The minimum atomic E-state index is -1.26. The first-order valence-corrected chi connectivity index (χ1v) is 10.3. The van der Waals surface area contributed by atoms with Crippen LogP contribution < -0.4 is 16.4 Å². The Hall–Kier alpha value is -2.63. The maximum absolute atomic E-state index is 12.2. The Balaban J connectivity index is 2.63. The van der Waals surface area contributed by atoms with Gasteiger partial charge in [-0.15, -0.1) is 0 Å². The van der Waals surface area contributed by atoms with Crippen molar-refractivity contribution in [2.24, 2.45) is 5.73 Å². The van der Waals surface area contributed by atoms with Crippen molar-refractivity contribution >= 4 is 52.9 Å². The monoisotopic (exact) mass is 459 g/mol. The van der Waals surface area contributed by atoms with Gasteiger partial charge >= 0.3 is 11.9 Å². The van der Waals surface area contributed by atoms with Crippen molar-refractivity contribution in [2.75, 3.05) is 18.1 Å². The van der Waals surface area contributed by atoms with Crippen LogP contribution in [0, 0.1) is 0 Å². The standard InChI is InChI=1S/C18H22ClN3O7S/c19-11-3-1-10(2-4-11)14(23)9-30-8-13(17(27)21-7-16(25)26)22-15(24)6-5-12(20)18(28)29/h1-4,12-13H,5-9,20H2,(H,21,27)(H,22,24)(H,25,26)(H,28,29). The Labute approximate surface area is 181 Å². The molecular weight excluding hydrogens is 438 g/mol. The van der Waals surface area contributed by atoms with Crippen molar-refractivity contribution < 1.29 is 34.2 Å². The molecule has 0 spiro atoms. The van der Waals surface area contributed by atoms with Gasteiger partial charge in [0.05, 0.1) is 5.75 Å². The van der Waals surface area contributed by atoms with Crippen molar-refractivity contribution in [3.8, 4) is 0 Å². The van der Waals surface area contributed by atoms with Gasteiger partial charge in [0, 0.05) is 22.8 Å². The molecule has 0 saturated heterocycles. The molecule has 0 radical (unpaired) electrons. The smallest absolute Gasteiger partial charge is 0.322 e. The molecule has 1 aromatic rings. The van der Waals surface area contributed by atoms with E-state index in [2.05, 4.69) is 10.6 Å². The molecule has 0 heterocycles. The lowest BCUT2D eigenvalue weighted by Crippen LogP contribution is -2.49. The highest BCUT2D eigenvalue weighted by Gasteiger charge is 2.23. The maximum atomic E-state index is 12.2. The average Bonchev–Trinajstić information content (AvgIpc) is 2.69. The van der Waals surface area contributed by atoms with E-state index >= 15 is 0 Å². The molecule has 10 nitrogen and oxygen atoms in total. The molecule has 0 aromatic heterocycles. The number of halogens is 1. The second-order valence-corrected chi connectivity index (χ2v) is 7.63. The Morgan fingerprint density at radius 1 is 1.10 bits per heavy atom. The molecule has 2 atom stereocenters. The van der Waals surface area contributed by atoms with Crippen LogP contribution >= 0.6 is 23.4 Å². The third-order valence-corrected chi connectivity index (χ3v) is 5.04. The minimum Gasteiger partial charge on any atom is -0.480 e. The van der Waals surface area contributed by atoms with E-state index in [-0.39, 0.29) is 30.1 Å². The van der Waals surface area contributed by atoms with E-state index in [1.807, 2.05) is 0 Å². The maximum Gasteiger partial charge on any atom is 0.322 e. The van der Waals surface area contributed by atoms with E-state index in [4.69, 9.17) is 27.5 Å². The van der Waals surface area contributed by atoms with Gasteiger partial charge in [-0.2, -0.15) is 11.8 Å². The third-order valence-electron chi connectivity index (χ3n) is 3.75. The summed E-state index contributed by atoms with van der Waals surface area (Å²) in [4.78, 5) is 57.8. The zero-order valence-corrected chi connectivity index (χ0v) is 17.4. The summed E-state index contributed by atoms with van der Waals surface area (Å²) < 4.78 is 0. The van der Waals surface area contributed by atoms with Crippen LogP contribution in [0.2, 0.25) is 5.02 Å². The van der Waals surface area contributed by atoms with Crippen LogP contribution in [0.15, 0.2) is 24.3 Å². The van der Waals surface area contributed by atoms with Crippen LogP contribution in [0.3, 0.4) is 0 Å². The number of rotatable bonds is 13. The van der Waals surface area contributed by atoms with Gasteiger partial charge in [-0.25, -0.2) is 0 Å². The van der Waals surface area contributed by atoms with Gasteiger partial charge in [0.1, 0.15) is 18.6 Å². The van der Waals surface area contributed by atoms with Crippen LogP contribution in [0.4, 0.5) is 0 Å². The molecule has 30 heavy (non-hydrogen) atoms. The number of aliphatic carboxylic acids is 2. The van der Waals surface area contributed by atoms with Gasteiger partial charge in [0.2, 0.25) is 11.8 Å². The summed E-state index contributed by atoms with van der Waals surface area (Å²) >= 11 is 6.85. The van der Waals surface area contributed by atoms with Gasteiger partial charge in [0.25, 0.3) is 0 Å². The molecule has 0 bridgehead atoms. The number of nitrogens with two attached hydrogens (primary N) is 1. The van der Waals surface area contributed by atoms with Gasteiger partial charge in [-0.1, -0.05) is 11.6 Å². The average molecular weight is 460 g/mol. The third kappa shape index (κ3) is 9.72. The van der Waals surface area contributed by atoms with Crippen molar-refractivity contribution in [1.29, 1.82) is 0 Å². The number of ketones is 1. The number of amides is 2. The number of hydrogen-bond donors (Lipinski definition) is 5. The molecule has 0 fully saturated rings. The number of carbonyl (C=O) groups is 5. The first-order valence-electron chi connectivity index (χ1n) is 8.74. The quantitative estimate of drug-likeness (QED) is 0.256. The highest BCUT2D eigenvalue weighted by atomic mass is 35.5. The molecule has 0 aliphatic carbocycles. The fourth-order valence-corrected chi connectivity index (χ4v) is 3.20. The molecule has 6 N–H and O–H groups in total. The molecule has 2 unspecified atom stereocenters. The normalized spacial score (nSPS) is 12.5. The number of carboxylic acid groups (broad SMARTS) is 2. The van der Waals surface area contributed by atoms with E-state index in [0.29, 0.717) is 10.6 Å². The summed E-state index contributed by atoms with van der Waals surface area (Å²) in [5.74, 6) is -4.06. The van der Waals surface area contributed by atoms with Gasteiger partial charge in [0.15, 0.2) is 5.78 Å². The zero-order chi connectivity index (χ0) is 22.7. The van der Waals surface area contributed by atoms with E-state index in [9.17, 15) is 24.0 Å². The van der Waals surface area contributed by atoms with E-state index in [1.54, 1.807) is 24.3 Å². The molecule has 0 saturated carbocycles. The number of carboxylic acids is 2. The number of benzene rings is 1. The van der Waals surface area contributed by atoms with Crippen molar-refractivity contribution in [2.45, 2.75) is 24.9 Å². The Morgan fingerprint density at radius 2 is 1.73 bits per heavy atom. The fraction of sp³-hybridized carbons (Fsp3) is 0.389. The van der Waals surface area contributed by atoms with Crippen LogP contribution in [-0.2, 0) is 19.2 Å². The second kappa shape index (κ2) is 12.8. The first kappa shape index (κ1) is 25.4. The minimum absolute atomic E-state index is 0.00149. The van der Waals surface area contributed by atoms with Gasteiger partial charge < -0.3 is 26.6 Å². The lowest BCUT2D eigenvalue weighted by Gasteiger charge is -2.18. The van der Waals surface area contributed by atoms with Gasteiger partial charge in [-0.3, -0.25) is 24.0 Å². The molecule has 164 valence electrons. The highest BCUT2D eigenvalue weighted by Crippen LogP contribution is 2.13. The number of hydrogen-bond acceptors (Lipinski definition) is 7. The summed E-state index contributed by atoms with van der Waals surface area (Å²) in [6.45, 7) is -0.635. The lowest BCUT2D eigenvalue weighted by molar-refractivity contribution is -0.139. The zero-order valence-electron chi connectivity index (χ0n) is 15.8. The van der Waals surface area contributed by atoms with Crippen molar-refractivity contribution in [3.63, 3.8) is 0 Å². The summed E-state index contributed by atoms with van der Waals surface area (Å²) in [6, 6.07) is 3.95. The molecule has 1 rings (SSSR count). The molecule has 0 aliphatic rings. The Bertz CT molecular complexity index is 788. The molecule has 12 heteroatoms. The Morgan fingerprint density at radius 3 is 2.30 bits per heavy atom. The Kier molecular flexibility index (Phi) is 10.9. The topological polar surface area (TPSA) is 176 Å². The highest BCUT2D eigenvalue weighted by molar-refractivity contribution is 8.00. The largest absolute Gasteiger partial charge is 0.480 e. The predicted molar refractivity (Wildman–Crippen MR) is 111 cm³/mol. The van der Waals surface area contributed by atoms with Crippen molar-refractivity contribution in [3.05, 3.63) is 34.9 Å². The van der Waals surface area contributed by atoms with E-state index in [0.717, 1.165) is 11.8 Å². The van der Waals surface area contributed by atoms with Crippen LogP contribution in [0.5, 0.6) is 0 Å². The first-order chi connectivity index (χ1) is 14.1. The molecule has 0 aliphatic heterocycles. The number of thioether (sulfide) groups is 1. The predicted octanol–water partition coefficient (Wildman–Crippen LogP) is 0.134. The van der Waals surface area contributed by atoms with Crippen LogP contribution in [-0.4, -0.2) is 69.9 Å². The van der Waals surface area contributed by atoms with E-state index < -0.39 is 42.4 Å². The molecular formula is C18H22ClN3O7S. The van der Waals surface area contributed by atoms with Crippen LogP contribution in [0.25, 0.3) is 0 Å². The SMILES string of the molecule is NC(CCC(=O)NC(CSCC(=O)c1ccc(Cl)cc1)C(=O)NCC(=O)O)C(=O)O. The number of Topliss-reactive ketones (excluding diaryl/α,β-unsaturated/α-hetero) is 1. The van der Waals surface area contributed by atoms with Gasteiger partial charge in [-0.05, 0) is 30.7 Å². The summed E-state index contributed by atoms with van der Waals surface area (Å²) in [7, 11) is 0. The molecule has 1 aromatic carbocycles. The number of carbonyl (C=O) groups excluding carboxylic acids is 3. The number of nitrogens with one attached hydrogen (secondary N) is 2. The van der Waals surface area contributed by atoms with Crippen LogP contribution in [0.1, 0.15) is 23.2 Å². The summed E-state index contributed by atoms with van der Waals surface area (Å²) in [6.07, 6.45) is -0.364. The fourth-order valence-electron chi connectivity index (χ4n) is 2.13. The van der Waals surface area contributed by atoms with Crippen molar-refractivity contribution in [1.82, 2.24) is 10.6 Å². The lowest BCUT2D eigenvalue weighted by atomic mass is 10.1.